The van der Waals surface area contributed by atoms with E-state index in [0.29, 0.717) is 24.3 Å². The minimum absolute atomic E-state index is 0.0914. The van der Waals surface area contributed by atoms with Crippen molar-refractivity contribution in [3.8, 4) is 5.75 Å². The van der Waals surface area contributed by atoms with Gasteiger partial charge in [-0.05, 0) is 25.3 Å². The van der Waals surface area contributed by atoms with Crippen LogP contribution in [-0.2, 0) is 9.05 Å². The Kier molecular flexibility index (Phi) is 6.51. The van der Waals surface area contributed by atoms with Gasteiger partial charge in [0.2, 0.25) is 9.05 Å². The van der Waals surface area contributed by atoms with Crippen molar-refractivity contribution in [2.24, 2.45) is 0 Å². The van der Waals surface area contributed by atoms with E-state index in [0.717, 1.165) is 0 Å². The second kappa shape index (κ2) is 7.66. The van der Waals surface area contributed by atoms with E-state index in [1.54, 1.807) is 0 Å². The SMILES string of the molecule is O=[N+]([O-])c1ccc(Cl)cc1OCCCCCS(=O)(=O)Cl. The molecule has 0 aliphatic heterocycles. The Bertz CT molecular complexity index is 576. The van der Waals surface area contributed by atoms with E-state index in [9.17, 15) is 18.5 Å². The predicted molar refractivity (Wildman–Crippen MR) is 77.1 cm³/mol. The first-order valence-electron chi connectivity index (χ1n) is 5.78. The third kappa shape index (κ3) is 6.40. The number of hydrogen-bond acceptors (Lipinski definition) is 5. The molecule has 1 aromatic rings. The smallest absolute Gasteiger partial charge is 0.311 e. The van der Waals surface area contributed by atoms with Crippen molar-refractivity contribution in [1.82, 2.24) is 0 Å². The number of nitrogens with zero attached hydrogens (tertiary/aromatic N) is 1. The Hall–Kier alpha value is -1.05. The molecule has 20 heavy (non-hydrogen) atoms. The normalized spacial score (nSPS) is 11.3. The third-order valence-corrected chi connectivity index (χ3v) is 3.88. The standard InChI is InChI=1S/C11H13Cl2NO5S/c12-9-4-5-10(14(15)16)11(8-9)19-6-2-1-3-7-20(13,17)18/h4-5,8H,1-3,6-7H2. The molecule has 1 aromatic carbocycles. The monoisotopic (exact) mass is 341 g/mol. The summed E-state index contributed by atoms with van der Waals surface area (Å²) in [5, 5.41) is 11.1. The highest BCUT2D eigenvalue weighted by molar-refractivity contribution is 8.13. The molecule has 0 aromatic heterocycles. The minimum Gasteiger partial charge on any atom is -0.487 e. The number of nitro groups is 1. The van der Waals surface area contributed by atoms with Crippen LogP contribution in [0.1, 0.15) is 19.3 Å². The summed E-state index contributed by atoms with van der Waals surface area (Å²) >= 11 is 5.75. The van der Waals surface area contributed by atoms with Gasteiger partial charge in [-0.3, -0.25) is 10.1 Å². The molecule has 0 fully saturated rings. The number of ether oxygens (including phenoxy) is 1. The van der Waals surface area contributed by atoms with Gasteiger partial charge in [-0.15, -0.1) is 0 Å². The van der Waals surface area contributed by atoms with Crippen molar-refractivity contribution in [3.05, 3.63) is 33.3 Å². The Morgan fingerprint density at radius 1 is 1.25 bits per heavy atom. The van der Waals surface area contributed by atoms with Crippen LogP contribution in [0.15, 0.2) is 18.2 Å². The van der Waals surface area contributed by atoms with Crippen LogP contribution in [-0.4, -0.2) is 25.7 Å². The van der Waals surface area contributed by atoms with Gasteiger partial charge < -0.3 is 4.74 Å². The van der Waals surface area contributed by atoms with Gasteiger partial charge in [0.25, 0.3) is 0 Å². The zero-order chi connectivity index (χ0) is 15.2. The van der Waals surface area contributed by atoms with E-state index in [2.05, 4.69) is 0 Å². The fraction of sp³-hybridized carbons (Fsp3) is 0.455. The summed E-state index contributed by atoms with van der Waals surface area (Å²) in [6.07, 6.45) is 1.59. The lowest BCUT2D eigenvalue weighted by Gasteiger charge is -2.06. The van der Waals surface area contributed by atoms with Gasteiger partial charge in [-0.1, -0.05) is 11.6 Å². The van der Waals surface area contributed by atoms with E-state index < -0.39 is 14.0 Å². The van der Waals surface area contributed by atoms with Gasteiger partial charge in [-0.25, -0.2) is 8.42 Å². The zero-order valence-electron chi connectivity index (χ0n) is 10.4. The molecular weight excluding hydrogens is 329 g/mol. The molecule has 6 nitrogen and oxygen atoms in total. The van der Waals surface area contributed by atoms with Gasteiger partial charge in [0.05, 0.1) is 17.3 Å². The van der Waals surface area contributed by atoms with Gasteiger partial charge in [-0.2, -0.15) is 0 Å². The van der Waals surface area contributed by atoms with Gasteiger partial charge in [0.15, 0.2) is 5.75 Å². The maximum absolute atomic E-state index is 10.8. The lowest BCUT2D eigenvalue weighted by Crippen LogP contribution is -2.02. The van der Waals surface area contributed by atoms with E-state index >= 15 is 0 Å². The summed E-state index contributed by atoms with van der Waals surface area (Å²) in [5.74, 6) is 0.0127. The van der Waals surface area contributed by atoms with Crippen LogP contribution in [0.2, 0.25) is 5.02 Å². The van der Waals surface area contributed by atoms with Crippen molar-refractivity contribution in [1.29, 1.82) is 0 Å². The van der Waals surface area contributed by atoms with Gasteiger partial charge >= 0.3 is 5.69 Å². The van der Waals surface area contributed by atoms with Crippen LogP contribution in [0.3, 0.4) is 0 Å². The van der Waals surface area contributed by atoms with Gasteiger partial charge in [0.1, 0.15) is 0 Å². The fourth-order valence-corrected chi connectivity index (χ4v) is 2.53. The summed E-state index contributed by atoms with van der Waals surface area (Å²) in [4.78, 5) is 10.2. The highest BCUT2D eigenvalue weighted by Crippen LogP contribution is 2.30. The first-order chi connectivity index (χ1) is 9.29. The summed E-state index contributed by atoms with van der Waals surface area (Å²) in [6, 6.07) is 4.07. The van der Waals surface area contributed by atoms with E-state index in [1.165, 1.54) is 18.2 Å². The van der Waals surface area contributed by atoms with Gasteiger partial charge in [0, 0.05) is 27.8 Å². The number of nitro benzene ring substituents is 1. The van der Waals surface area contributed by atoms with Crippen LogP contribution in [0, 0.1) is 10.1 Å². The Morgan fingerprint density at radius 2 is 1.95 bits per heavy atom. The molecular formula is C11H13Cl2NO5S. The molecule has 0 amide bonds. The molecule has 0 aliphatic rings. The van der Waals surface area contributed by atoms with Crippen LogP contribution in [0.4, 0.5) is 5.69 Å². The van der Waals surface area contributed by atoms with E-state index in [4.69, 9.17) is 27.0 Å². The average Bonchev–Trinajstić information content (AvgIpc) is 2.32. The topological polar surface area (TPSA) is 86.5 Å². The quantitative estimate of drug-likeness (QED) is 0.313. The number of halogens is 2. The second-order valence-electron chi connectivity index (χ2n) is 4.02. The Labute approximate surface area is 126 Å². The van der Waals surface area contributed by atoms with Crippen molar-refractivity contribution in [2.45, 2.75) is 19.3 Å². The molecule has 0 radical (unpaired) electrons. The molecule has 0 saturated heterocycles. The lowest BCUT2D eigenvalue weighted by molar-refractivity contribution is -0.385. The fourth-order valence-electron chi connectivity index (χ4n) is 1.49. The van der Waals surface area contributed by atoms with Crippen LogP contribution in [0.5, 0.6) is 5.75 Å². The molecule has 1 rings (SSSR count). The maximum Gasteiger partial charge on any atom is 0.311 e. The maximum atomic E-state index is 10.8. The molecule has 0 N–H and O–H groups in total. The first kappa shape index (κ1) is 17.0. The largest absolute Gasteiger partial charge is 0.487 e. The Morgan fingerprint density at radius 3 is 2.55 bits per heavy atom. The van der Waals surface area contributed by atoms with Crippen LogP contribution >= 0.6 is 22.3 Å². The highest BCUT2D eigenvalue weighted by atomic mass is 35.7. The van der Waals surface area contributed by atoms with Crippen molar-refractivity contribution >= 4 is 37.0 Å². The molecule has 0 atom stereocenters. The summed E-state index contributed by atoms with van der Waals surface area (Å²) in [7, 11) is 1.60. The Balaban J connectivity index is 2.42. The summed E-state index contributed by atoms with van der Waals surface area (Å²) in [5.41, 5.74) is -0.155. The second-order valence-corrected chi connectivity index (χ2v) is 7.35. The van der Waals surface area contributed by atoms with Crippen LogP contribution in [0.25, 0.3) is 0 Å². The minimum atomic E-state index is -3.46. The van der Waals surface area contributed by atoms with Crippen molar-refractivity contribution in [2.75, 3.05) is 12.4 Å². The average molecular weight is 342 g/mol. The van der Waals surface area contributed by atoms with E-state index in [-0.39, 0.29) is 23.8 Å². The number of hydrogen-bond donors (Lipinski definition) is 0. The molecule has 9 heteroatoms. The molecule has 0 spiro atoms. The zero-order valence-corrected chi connectivity index (χ0v) is 12.7. The predicted octanol–water partition coefficient (Wildman–Crippen LogP) is 3.37. The molecule has 112 valence electrons. The molecule has 0 unspecified atom stereocenters. The van der Waals surface area contributed by atoms with Crippen LogP contribution < -0.4 is 4.74 Å². The molecule has 0 aliphatic carbocycles. The number of rotatable bonds is 8. The summed E-state index contributed by atoms with van der Waals surface area (Å²) in [6.45, 7) is 0.240. The van der Waals surface area contributed by atoms with E-state index in [1.807, 2.05) is 0 Å². The highest BCUT2D eigenvalue weighted by Gasteiger charge is 2.15. The first-order valence-corrected chi connectivity index (χ1v) is 8.64. The molecule has 0 bridgehead atoms. The molecule has 0 saturated carbocycles. The number of unbranched alkanes of at least 4 members (excludes halogenated alkanes) is 2. The lowest BCUT2D eigenvalue weighted by atomic mass is 10.2. The van der Waals surface area contributed by atoms with Crippen molar-refractivity contribution < 1.29 is 18.1 Å². The summed E-state index contributed by atoms with van der Waals surface area (Å²) < 4.78 is 26.7. The third-order valence-electron chi connectivity index (χ3n) is 2.41. The number of benzene rings is 1. The molecule has 0 heterocycles. The van der Waals surface area contributed by atoms with Crippen molar-refractivity contribution in [3.63, 3.8) is 0 Å².